The third kappa shape index (κ3) is 7.47. The number of rotatable bonds is 11. The van der Waals surface area contributed by atoms with Crippen LogP contribution in [0.25, 0.3) is 0 Å². The van der Waals surface area contributed by atoms with Gasteiger partial charge in [-0.1, -0.05) is 33.8 Å². The van der Waals surface area contributed by atoms with Crippen molar-refractivity contribution < 1.29 is 41.1 Å². The van der Waals surface area contributed by atoms with Crippen molar-refractivity contribution in [2.45, 2.75) is 83.6 Å². The van der Waals surface area contributed by atoms with Gasteiger partial charge in [-0.25, -0.2) is 0 Å². The standard InChI is InChI=1S/C25H33F5N4O4/c1-14(2)19(21(36)24(26,27)25(28,29)30)33-22(37)17-8-6-12-34(17)23(38)20(15(3)4)32-18(35)10-9-16-7-5-11-31-13-16/h5,7,11,13-15,17,19-20H,6,8-10,12H2,1-4H3,(H,32,35)(H,33,37)/t17-,19?,20-/m0/s1. The maximum atomic E-state index is 13.7. The number of alkyl halides is 5. The van der Waals surface area contributed by atoms with Crippen molar-refractivity contribution in [1.29, 1.82) is 0 Å². The number of aromatic nitrogens is 1. The fourth-order valence-corrected chi connectivity index (χ4v) is 4.16. The average Bonchev–Trinajstić information content (AvgIpc) is 3.33. The third-order valence-corrected chi connectivity index (χ3v) is 6.36. The zero-order valence-corrected chi connectivity index (χ0v) is 21.6. The monoisotopic (exact) mass is 548 g/mol. The van der Waals surface area contributed by atoms with Gasteiger partial charge in [0.05, 0.1) is 6.04 Å². The summed E-state index contributed by atoms with van der Waals surface area (Å²) < 4.78 is 65.7. The van der Waals surface area contributed by atoms with E-state index >= 15 is 0 Å². The van der Waals surface area contributed by atoms with E-state index in [0.717, 1.165) is 5.56 Å². The number of pyridine rings is 1. The number of aryl methyl sites for hydroxylation is 1. The van der Waals surface area contributed by atoms with E-state index in [-0.39, 0.29) is 25.3 Å². The minimum atomic E-state index is -6.11. The van der Waals surface area contributed by atoms with Gasteiger partial charge in [0.2, 0.25) is 23.5 Å². The van der Waals surface area contributed by atoms with Crippen molar-refractivity contribution in [3.8, 4) is 0 Å². The Kier molecular flexibility index (Phi) is 10.3. The molecule has 1 aromatic heterocycles. The smallest absolute Gasteiger partial charge is 0.344 e. The molecule has 1 aliphatic rings. The molecule has 0 aromatic carbocycles. The van der Waals surface area contributed by atoms with E-state index in [1.54, 1.807) is 38.4 Å². The van der Waals surface area contributed by atoms with Crippen LogP contribution in [0.1, 0.15) is 52.5 Å². The molecular weight excluding hydrogens is 515 g/mol. The molecular formula is C25H33F5N4O4. The van der Waals surface area contributed by atoms with Crippen molar-refractivity contribution in [1.82, 2.24) is 20.5 Å². The van der Waals surface area contributed by atoms with E-state index in [0.29, 0.717) is 12.8 Å². The third-order valence-electron chi connectivity index (χ3n) is 6.36. The molecule has 1 saturated heterocycles. The maximum Gasteiger partial charge on any atom is 0.461 e. The van der Waals surface area contributed by atoms with Crippen molar-refractivity contribution in [3.05, 3.63) is 30.1 Å². The molecule has 0 bridgehead atoms. The molecule has 212 valence electrons. The number of hydrogen-bond donors (Lipinski definition) is 2. The van der Waals surface area contributed by atoms with Crippen LogP contribution in [0, 0.1) is 11.8 Å². The highest BCUT2D eigenvalue weighted by Crippen LogP contribution is 2.37. The highest BCUT2D eigenvalue weighted by molar-refractivity contribution is 5.97. The summed E-state index contributed by atoms with van der Waals surface area (Å²) in [5, 5.41) is 4.69. The topological polar surface area (TPSA) is 108 Å². The number of ketones is 1. The maximum absolute atomic E-state index is 13.7. The summed E-state index contributed by atoms with van der Waals surface area (Å²) in [7, 11) is 0. The van der Waals surface area contributed by atoms with Gasteiger partial charge in [0, 0.05) is 25.4 Å². The molecule has 0 aliphatic carbocycles. The highest BCUT2D eigenvalue weighted by atomic mass is 19.4. The summed E-state index contributed by atoms with van der Waals surface area (Å²) in [6.07, 6.45) is -1.95. The quantitative estimate of drug-likeness (QED) is 0.414. The number of carbonyl (C=O) groups is 4. The normalized spacial score (nSPS) is 17.9. The molecule has 8 nitrogen and oxygen atoms in total. The Labute approximate surface area is 217 Å². The molecule has 0 saturated carbocycles. The van der Waals surface area contributed by atoms with E-state index < -0.39 is 59.6 Å². The van der Waals surface area contributed by atoms with Gasteiger partial charge in [-0.05, 0) is 42.7 Å². The van der Waals surface area contributed by atoms with E-state index in [1.165, 1.54) is 18.7 Å². The Bertz CT molecular complexity index is 1000. The first-order valence-corrected chi connectivity index (χ1v) is 12.4. The largest absolute Gasteiger partial charge is 0.461 e. The number of amides is 3. The van der Waals surface area contributed by atoms with Gasteiger partial charge in [-0.15, -0.1) is 0 Å². The van der Waals surface area contributed by atoms with Crippen LogP contribution < -0.4 is 10.6 Å². The Morgan fingerprint density at radius 1 is 1.03 bits per heavy atom. The van der Waals surface area contributed by atoms with Crippen LogP contribution >= 0.6 is 0 Å². The lowest BCUT2D eigenvalue weighted by Crippen LogP contribution is -2.60. The van der Waals surface area contributed by atoms with E-state index in [1.807, 2.05) is 5.32 Å². The number of halogens is 5. The van der Waals surface area contributed by atoms with Gasteiger partial charge >= 0.3 is 12.1 Å². The first-order chi connectivity index (χ1) is 17.6. The number of likely N-dealkylation sites (tertiary alicyclic amines) is 1. The second-order valence-electron chi connectivity index (χ2n) is 10.0. The van der Waals surface area contributed by atoms with Crippen LogP contribution in [0.4, 0.5) is 22.0 Å². The van der Waals surface area contributed by atoms with Crippen LogP contribution in [0.5, 0.6) is 0 Å². The molecule has 2 rings (SSSR count). The molecule has 38 heavy (non-hydrogen) atoms. The van der Waals surface area contributed by atoms with E-state index in [4.69, 9.17) is 0 Å². The Balaban J connectivity index is 2.12. The van der Waals surface area contributed by atoms with Crippen LogP contribution in [0.15, 0.2) is 24.5 Å². The van der Waals surface area contributed by atoms with Crippen LogP contribution in [0.2, 0.25) is 0 Å². The molecule has 3 atom stereocenters. The summed E-state index contributed by atoms with van der Waals surface area (Å²) in [4.78, 5) is 56.1. The van der Waals surface area contributed by atoms with Crippen LogP contribution in [-0.4, -0.2) is 70.2 Å². The molecule has 1 aromatic rings. The van der Waals surface area contributed by atoms with Gasteiger partial charge < -0.3 is 15.5 Å². The van der Waals surface area contributed by atoms with E-state index in [2.05, 4.69) is 10.3 Å². The average molecular weight is 549 g/mol. The second-order valence-corrected chi connectivity index (χ2v) is 10.0. The molecule has 1 unspecified atom stereocenters. The number of nitrogens with zero attached hydrogens (tertiary/aromatic N) is 2. The minimum Gasteiger partial charge on any atom is -0.344 e. The lowest BCUT2D eigenvalue weighted by Gasteiger charge is -2.32. The van der Waals surface area contributed by atoms with E-state index in [9.17, 15) is 41.1 Å². The number of nitrogens with one attached hydrogen (secondary N) is 2. The van der Waals surface area contributed by atoms with Gasteiger partial charge in [0.15, 0.2) is 0 Å². The zero-order valence-electron chi connectivity index (χ0n) is 21.6. The SMILES string of the molecule is CC(C)C(NC(=O)[C@@H]1CCCN1C(=O)[C@@H](NC(=O)CCc1cccnc1)C(C)C)C(=O)C(F)(F)C(F)(F)F. The second kappa shape index (κ2) is 12.6. The molecule has 1 aliphatic heterocycles. The summed E-state index contributed by atoms with van der Waals surface area (Å²) >= 11 is 0. The molecule has 0 spiro atoms. The molecule has 0 radical (unpaired) electrons. The first kappa shape index (κ1) is 31.1. The summed E-state index contributed by atoms with van der Waals surface area (Å²) in [6.45, 7) is 5.96. The van der Waals surface area contributed by atoms with Gasteiger partial charge in [-0.3, -0.25) is 24.2 Å². The number of hydrogen-bond acceptors (Lipinski definition) is 5. The molecule has 2 heterocycles. The zero-order chi connectivity index (χ0) is 28.8. The fraction of sp³-hybridized carbons (Fsp3) is 0.640. The molecule has 1 fully saturated rings. The van der Waals surface area contributed by atoms with Crippen molar-refractivity contribution in [3.63, 3.8) is 0 Å². The van der Waals surface area contributed by atoms with Crippen LogP contribution in [-0.2, 0) is 25.6 Å². The Morgan fingerprint density at radius 2 is 1.66 bits per heavy atom. The summed E-state index contributed by atoms with van der Waals surface area (Å²) in [5.74, 6) is -11.6. The van der Waals surface area contributed by atoms with Gasteiger partial charge in [0.25, 0.3) is 0 Å². The summed E-state index contributed by atoms with van der Waals surface area (Å²) in [5.41, 5.74) is 0.830. The fourth-order valence-electron chi connectivity index (χ4n) is 4.16. The first-order valence-electron chi connectivity index (χ1n) is 12.4. The number of carbonyl (C=O) groups excluding carboxylic acids is 4. The van der Waals surface area contributed by atoms with Crippen LogP contribution in [0.3, 0.4) is 0 Å². The van der Waals surface area contributed by atoms with Crippen molar-refractivity contribution in [2.75, 3.05) is 6.54 Å². The lowest BCUT2D eigenvalue weighted by atomic mass is 9.95. The van der Waals surface area contributed by atoms with Gasteiger partial charge in [-0.2, -0.15) is 22.0 Å². The summed E-state index contributed by atoms with van der Waals surface area (Å²) in [6, 6.07) is -0.775. The molecule has 13 heteroatoms. The number of Topliss-reactive ketones (excluding diaryl/α,β-unsaturated/α-hetero) is 1. The molecule has 3 amide bonds. The Hall–Kier alpha value is -3.12. The lowest BCUT2D eigenvalue weighted by molar-refractivity contribution is -0.270. The predicted molar refractivity (Wildman–Crippen MR) is 127 cm³/mol. The Morgan fingerprint density at radius 3 is 2.18 bits per heavy atom. The van der Waals surface area contributed by atoms with Crippen molar-refractivity contribution >= 4 is 23.5 Å². The van der Waals surface area contributed by atoms with Gasteiger partial charge in [0.1, 0.15) is 12.1 Å². The minimum absolute atomic E-state index is 0.0811. The highest BCUT2D eigenvalue weighted by Gasteiger charge is 2.64. The van der Waals surface area contributed by atoms with Crippen molar-refractivity contribution in [2.24, 2.45) is 11.8 Å². The molecule has 2 N–H and O–H groups in total. The predicted octanol–water partition coefficient (Wildman–Crippen LogP) is 3.05.